The highest BCUT2D eigenvalue weighted by atomic mass is 32.2. The van der Waals surface area contributed by atoms with Gasteiger partial charge in [0, 0.05) is 50.3 Å². The number of ether oxygens (including phenoxy) is 1. The molecular formula is C19H26N4O2S. The SMILES string of the molecule is CN1CCN(c2ccc3c(=O)[nH]c(CSC4CCOCC4)nc3c2)CC1. The Morgan fingerprint density at radius 1 is 1.23 bits per heavy atom. The number of H-pyrrole nitrogens is 1. The monoisotopic (exact) mass is 374 g/mol. The second kappa shape index (κ2) is 7.98. The second-order valence-electron chi connectivity index (χ2n) is 7.13. The lowest BCUT2D eigenvalue weighted by Crippen LogP contribution is -2.44. The molecule has 1 aromatic carbocycles. The van der Waals surface area contributed by atoms with Crippen molar-refractivity contribution in [2.45, 2.75) is 23.8 Å². The van der Waals surface area contributed by atoms with Gasteiger partial charge in [0.05, 0.1) is 16.7 Å². The molecule has 0 spiro atoms. The van der Waals surface area contributed by atoms with Crippen molar-refractivity contribution in [3.05, 3.63) is 34.4 Å². The first-order chi connectivity index (χ1) is 12.7. The van der Waals surface area contributed by atoms with Crippen molar-refractivity contribution in [1.82, 2.24) is 14.9 Å². The van der Waals surface area contributed by atoms with Crippen LogP contribution in [0, 0.1) is 0 Å². The summed E-state index contributed by atoms with van der Waals surface area (Å²) in [5, 5.41) is 1.27. The van der Waals surface area contributed by atoms with Gasteiger partial charge >= 0.3 is 0 Å². The third kappa shape index (κ3) is 4.05. The van der Waals surface area contributed by atoms with E-state index in [0.717, 1.165) is 75.0 Å². The summed E-state index contributed by atoms with van der Waals surface area (Å²) in [4.78, 5) is 24.9. The van der Waals surface area contributed by atoms with Crippen molar-refractivity contribution in [2.24, 2.45) is 0 Å². The zero-order valence-corrected chi connectivity index (χ0v) is 16.1. The normalized spacial score (nSPS) is 20.0. The summed E-state index contributed by atoms with van der Waals surface area (Å²) < 4.78 is 5.41. The first kappa shape index (κ1) is 17.8. The van der Waals surface area contributed by atoms with Crippen molar-refractivity contribution >= 4 is 28.4 Å². The third-order valence-electron chi connectivity index (χ3n) is 5.23. The van der Waals surface area contributed by atoms with Gasteiger partial charge < -0.3 is 19.5 Å². The average Bonchev–Trinajstić information content (AvgIpc) is 2.67. The van der Waals surface area contributed by atoms with E-state index in [-0.39, 0.29) is 5.56 Å². The van der Waals surface area contributed by atoms with Gasteiger partial charge in [0.2, 0.25) is 0 Å². The second-order valence-corrected chi connectivity index (χ2v) is 8.42. The van der Waals surface area contributed by atoms with Crippen molar-refractivity contribution in [3.63, 3.8) is 0 Å². The molecule has 4 rings (SSSR count). The van der Waals surface area contributed by atoms with E-state index in [1.165, 1.54) is 0 Å². The van der Waals surface area contributed by atoms with Crippen molar-refractivity contribution in [3.8, 4) is 0 Å². The van der Waals surface area contributed by atoms with Gasteiger partial charge in [-0.1, -0.05) is 0 Å². The van der Waals surface area contributed by atoms with Crippen LogP contribution in [0.15, 0.2) is 23.0 Å². The molecule has 0 aliphatic carbocycles. The number of nitrogens with zero attached hydrogens (tertiary/aromatic N) is 3. The van der Waals surface area contributed by atoms with E-state index in [4.69, 9.17) is 9.72 Å². The molecule has 0 atom stereocenters. The quantitative estimate of drug-likeness (QED) is 0.884. The lowest BCUT2D eigenvalue weighted by atomic mass is 10.2. The topological polar surface area (TPSA) is 61.5 Å². The summed E-state index contributed by atoms with van der Waals surface area (Å²) in [5.74, 6) is 1.52. The van der Waals surface area contributed by atoms with Gasteiger partial charge in [0.15, 0.2) is 0 Å². The number of anilines is 1. The van der Waals surface area contributed by atoms with E-state index in [1.54, 1.807) is 0 Å². The summed E-state index contributed by atoms with van der Waals surface area (Å²) >= 11 is 1.87. The molecule has 140 valence electrons. The Bertz CT molecular complexity index is 811. The highest BCUT2D eigenvalue weighted by Crippen LogP contribution is 2.25. The molecular weight excluding hydrogens is 348 g/mol. The summed E-state index contributed by atoms with van der Waals surface area (Å²) in [7, 11) is 2.15. The van der Waals surface area contributed by atoms with Gasteiger partial charge in [-0.15, -0.1) is 0 Å². The van der Waals surface area contributed by atoms with Crippen molar-refractivity contribution < 1.29 is 4.74 Å². The minimum absolute atomic E-state index is 0.0393. The van der Waals surface area contributed by atoms with Crippen molar-refractivity contribution in [2.75, 3.05) is 51.3 Å². The van der Waals surface area contributed by atoms with Crippen LogP contribution in [0.2, 0.25) is 0 Å². The number of hydrogen-bond acceptors (Lipinski definition) is 6. The number of likely N-dealkylation sites (N-methyl/N-ethyl adjacent to an activating group) is 1. The number of aromatic nitrogens is 2. The average molecular weight is 375 g/mol. The Morgan fingerprint density at radius 3 is 2.77 bits per heavy atom. The van der Waals surface area contributed by atoms with Crippen LogP contribution in [-0.4, -0.2) is 66.6 Å². The third-order valence-corrected chi connectivity index (χ3v) is 6.61. The van der Waals surface area contributed by atoms with Crippen LogP contribution in [0.3, 0.4) is 0 Å². The lowest BCUT2D eigenvalue weighted by Gasteiger charge is -2.34. The number of thioether (sulfide) groups is 1. The van der Waals surface area contributed by atoms with Crippen LogP contribution < -0.4 is 10.5 Å². The minimum atomic E-state index is -0.0393. The Labute approximate surface area is 157 Å². The molecule has 2 fully saturated rings. The van der Waals surface area contributed by atoms with E-state index in [1.807, 2.05) is 23.9 Å². The minimum Gasteiger partial charge on any atom is -0.381 e. The highest BCUT2D eigenvalue weighted by Gasteiger charge is 2.17. The number of piperazine rings is 1. The number of benzene rings is 1. The number of fused-ring (bicyclic) bond motifs is 1. The van der Waals surface area contributed by atoms with Gasteiger partial charge in [0.25, 0.3) is 5.56 Å². The molecule has 0 unspecified atom stereocenters. The van der Waals surface area contributed by atoms with Crippen LogP contribution >= 0.6 is 11.8 Å². The zero-order valence-electron chi connectivity index (χ0n) is 15.2. The molecule has 0 bridgehead atoms. The number of aromatic amines is 1. The maximum absolute atomic E-state index is 12.4. The molecule has 6 nitrogen and oxygen atoms in total. The highest BCUT2D eigenvalue weighted by molar-refractivity contribution is 7.99. The lowest BCUT2D eigenvalue weighted by molar-refractivity contribution is 0.1000. The van der Waals surface area contributed by atoms with Gasteiger partial charge in [-0.25, -0.2) is 4.98 Å². The first-order valence-electron chi connectivity index (χ1n) is 9.35. The number of rotatable bonds is 4. The Kier molecular flexibility index (Phi) is 5.47. The van der Waals surface area contributed by atoms with Crippen LogP contribution in [0.1, 0.15) is 18.7 Å². The Morgan fingerprint density at radius 2 is 2.00 bits per heavy atom. The fraction of sp³-hybridized carbons (Fsp3) is 0.579. The largest absolute Gasteiger partial charge is 0.381 e. The van der Waals surface area contributed by atoms with E-state index >= 15 is 0 Å². The zero-order chi connectivity index (χ0) is 17.9. The Hall–Kier alpha value is -1.57. The molecule has 0 amide bonds. The molecule has 1 aromatic heterocycles. The van der Waals surface area contributed by atoms with Crippen LogP contribution in [-0.2, 0) is 10.5 Å². The summed E-state index contributed by atoms with van der Waals surface area (Å²) in [6.45, 7) is 5.83. The molecule has 2 aliphatic heterocycles. The van der Waals surface area contributed by atoms with Crippen molar-refractivity contribution in [1.29, 1.82) is 0 Å². The van der Waals surface area contributed by atoms with E-state index in [0.29, 0.717) is 10.6 Å². The molecule has 2 saturated heterocycles. The maximum atomic E-state index is 12.4. The summed E-state index contributed by atoms with van der Waals surface area (Å²) in [6, 6.07) is 6.02. The Balaban J connectivity index is 1.53. The fourth-order valence-corrected chi connectivity index (χ4v) is 4.60. The molecule has 0 saturated carbocycles. The molecule has 3 heterocycles. The number of nitrogens with one attached hydrogen (secondary N) is 1. The predicted molar refractivity (Wildman–Crippen MR) is 107 cm³/mol. The first-order valence-corrected chi connectivity index (χ1v) is 10.4. The van der Waals surface area contributed by atoms with Crippen LogP contribution in [0.25, 0.3) is 10.9 Å². The van der Waals surface area contributed by atoms with Crippen LogP contribution in [0.4, 0.5) is 5.69 Å². The molecule has 7 heteroatoms. The summed E-state index contributed by atoms with van der Waals surface area (Å²) in [5.41, 5.74) is 1.92. The molecule has 2 aromatic rings. The van der Waals surface area contributed by atoms with Crippen LogP contribution in [0.5, 0.6) is 0 Å². The van der Waals surface area contributed by atoms with Gasteiger partial charge in [0.1, 0.15) is 5.82 Å². The molecule has 1 N–H and O–H groups in total. The summed E-state index contributed by atoms with van der Waals surface area (Å²) in [6.07, 6.45) is 2.16. The molecule has 0 radical (unpaired) electrons. The van der Waals surface area contributed by atoms with E-state index in [9.17, 15) is 4.79 Å². The van der Waals surface area contributed by atoms with E-state index in [2.05, 4.69) is 27.9 Å². The smallest absolute Gasteiger partial charge is 0.258 e. The predicted octanol–water partition coefficient (Wildman–Crippen LogP) is 2.09. The van der Waals surface area contributed by atoms with Gasteiger partial charge in [-0.3, -0.25) is 4.79 Å². The molecule has 26 heavy (non-hydrogen) atoms. The number of hydrogen-bond donors (Lipinski definition) is 1. The molecule has 2 aliphatic rings. The van der Waals surface area contributed by atoms with Gasteiger partial charge in [-0.2, -0.15) is 11.8 Å². The van der Waals surface area contributed by atoms with E-state index < -0.39 is 0 Å². The maximum Gasteiger partial charge on any atom is 0.258 e. The standard InChI is InChI=1S/C19H26N4O2S/c1-22-6-8-23(9-7-22)14-2-3-16-17(12-14)20-18(21-19(16)24)13-26-15-4-10-25-11-5-15/h2-3,12,15H,4-11,13H2,1H3,(H,20,21,24). The van der Waals surface area contributed by atoms with Gasteiger partial charge in [-0.05, 0) is 38.1 Å². The fourth-order valence-electron chi connectivity index (χ4n) is 3.55.